The molecule has 4 aromatic carbocycles. The van der Waals surface area contributed by atoms with Crippen LogP contribution in [0.5, 0.6) is 17.2 Å². The van der Waals surface area contributed by atoms with Gasteiger partial charge in [0.1, 0.15) is 37.1 Å². The summed E-state index contributed by atoms with van der Waals surface area (Å²) < 4.78 is 19.0. The fourth-order valence-electron chi connectivity index (χ4n) is 9.07. The number of carboxylic acid groups (broad SMARTS) is 3. The largest absolute Gasteiger partial charge is 0.489 e. The van der Waals surface area contributed by atoms with E-state index in [0.29, 0.717) is 56.1 Å². The fourth-order valence-corrected chi connectivity index (χ4v) is 9.07. The summed E-state index contributed by atoms with van der Waals surface area (Å²) in [6.07, 6.45) is 3.84. The van der Waals surface area contributed by atoms with Gasteiger partial charge in [-0.05, 0) is 184 Å². The summed E-state index contributed by atoms with van der Waals surface area (Å²) in [5, 5.41) is 39.8. The Balaban J connectivity index is 1.05. The van der Waals surface area contributed by atoms with Crippen molar-refractivity contribution in [2.24, 2.45) is 35.5 Å². The summed E-state index contributed by atoms with van der Waals surface area (Å²) in [7, 11) is 0. The van der Waals surface area contributed by atoms with Crippen molar-refractivity contribution in [3.63, 3.8) is 0 Å². The third-order valence-electron chi connectivity index (χ3n) is 12.3. The van der Waals surface area contributed by atoms with Crippen molar-refractivity contribution >= 4 is 17.9 Å². The molecule has 4 aromatic rings. The number of hydrogen-bond acceptors (Lipinski definition) is 9. The van der Waals surface area contributed by atoms with Gasteiger partial charge in [-0.1, -0.05) is 36.4 Å². The van der Waals surface area contributed by atoms with Crippen LogP contribution in [-0.4, -0.2) is 72.5 Å². The lowest BCUT2D eigenvalue weighted by Gasteiger charge is -2.19. The molecule has 0 radical (unpaired) electrons. The summed E-state index contributed by atoms with van der Waals surface area (Å²) >= 11 is 0. The number of nitrogens with one attached hydrogen (secondary N) is 3. The second-order valence-corrected chi connectivity index (χ2v) is 16.7. The molecule has 0 amide bonds. The predicted octanol–water partition coefficient (Wildman–Crippen LogP) is 5.98. The molecule has 0 spiro atoms. The van der Waals surface area contributed by atoms with Crippen LogP contribution in [-0.2, 0) is 53.5 Å². The number of benzene rings is 4. The standard InChI is InChI=1S/C48H57N3O9/c52-46(53)43(37-10-13-49-25-37)22-31-4-1-7-40(19-31)58-28-34-16-35(29-59-41-8-2-5-32(20-41)23-44(47(54)55)38-11-14-50-26-38)18-36(17-34)30-60-42-9-3-6-33(21-42)24-45(48(56)57)39-12-15-51-27-39/h1-9,16-21,37-39,43-45,49-51H,10-15,22-30H2,(H,52,53)(H,54,55)(H,56,57)/t37-,38-,39-,43-,44-,45-/m0/s1. The van der Waals surface area contributed by atoms with Crippen molar-refractivity contribution in [3.05, 3.63) is 124 Å². The van der Waals surface area contributed by atoms with Gasteiger partial charge in [-0.3, -0.25) is 14.4 Å². The molecule has 60 heavy (non-hydrogen) atoms. The minimum absolute atomic E-state index is 0.0925. The SMILES string of the molecule is O=C(O)[C@@H](Cc1cccc(OCc2cc(COc3cccc(C[C@H](C(=O)O)[C@H]4CCNC4)c3)cc(COc3cccc(C[C@H](C(=O)O)[C@H]4CCNC4)c3)c2)c1)[C@H]1CCNC1. The molecule has 12 nitrogen and oxygen atoms in total. The highest BCUT2D eigenvalue weighted by atomic mass is 16.5. The van der Waals surface area contributed by atoms with Gasteiger partial charge in [0.15, 0.2) is 0 Å². The Morgan fingerprint density at radius 3 is 1.02 bits per heavy atom. The number of carbonyl (C=O) groups is 3. The molecule has 3 saturated heterocycles. The zero-order valence-corrected chi connectivity index (χ0v) is 34.0. The smallest absolute Gasteiger partial charge is 0.307 e. The molecule has 3 aliphatic heterocycles. The van der Waals surface area contributed by atoms with E-state index in [1.165, 1.54) is 0 Å². The Bertz CT molecular complexity index is 1830. The fraction of sp³-hybridized carbons (Fsp3) is 0.438. The quantitative estimate of drug-likeness (QED) is 0.0581. The van der Waals surface area contributed by atoms with Gasteiger partial charge in [0.2, 0.25) is 0 Å². The maximum Gasteiger partial charge on any atom is 0.307 e. The van der Waals surface area contributed by atoms with Crippen LogP contribution in [0.2, 0.25) is 0 Å². The van der Waals surface area contributed by atoms with Gasteiger partial charge in [-0.15, -0.1) is 0 Å². The maximum absolute atomic E-state index is 12.2. The number of ether oxygens (including phenoxy) is 3. The first-order valence-corrected chi connectivity index (χ1v) is 21.2. The van der Waals surface area contributed by atoms with E-state index < -0.39 is 35.7 Å². The van der Waals surface area contributed by atoms with Crippen molar-refractivity contribution in [2.75, 3.05) is 39.3 Å². The first kappa shape index (κ1) is 42.7. The minimum atomic E-state index is -0.778. The summed E-state index contributed by atoms with van der Waals surface area (Å²) in [6, 6.07) is 29.0. The maximum atomic E-state index is 12.2. The van der Waals surface area contributed by atoms with Gasteiger partial charge in [0, 0.05) is 0 Å². The van der Waals surface area contributed by atoms with E-state index in [4.69, 9.17) is 14.2 Å². The lowest BCUT2D eigenvalue weighted by Crippen LogP contribution is -2.27. The topological polar surface area (TPSA) is 176 Å². The van der Waals surface area contributed by atoms with Crippen molar-refractivity contribution in [1.29, 1.82) is 0 Å². The van der Waals surface area contributed by atoms with Gasteiger partial charge < -0.3 is 45.5 Å². The van der Waals surface area contributed by atoms with Crippen LogP contribution in [0.3, 0.4) is 0 Å². The molecule has 6 atom stereocenters. The van der Waals surface area contributed by atoms with E-state index in [0.717, 1.165) is 72.3 Å². The van der Waals surface area contributed by atoms with Gasteiger partial charge in [-0.2, -0.15) is 0 Å². The second-order valence-electron chi connectivity index (χ2n) is 16.7. The Labute approximate surface area is 351 Å². The third-order valence-corrected chi connectivity index (χ3v) is 12.3. The van der Waals surface area contributed by atoms with Gasteiger partial charge in [-0.25, -0.2) is 0 Å². The van der Waals surface area contributed by atoms with Crippen LogP contribution in [0, 0.1) is 35.5 Å². The molecular weight excluding hydrogens is 763 g/mol. The normalized spacial score (nSPS) is 20.3. The molecule has 12 heteroatoms. The summed E-state index contributed by atoms with van der Waals surface area (Å²) in [5.74, 6) is -1.52. The highest BCUT2D eigenvalue weighted by molar-refractivity contribution is 5.72. The molecule has 318 valence electrons. The van der Waals surface area contributed by atoms with E-state index in [1.54, 1.807) is 0 Å². The molecule has 3 fully saturated rings. The van der Waals surface area contributed by atoms with Crippen molar-refractivity contribution < 1.29 is 43.9 Å². The van der Waals surface area contributed by atoms with Crippen molar-refractivity contribution in [3.8, 4) is 17.2 Å². The van der Waals surface area contributed by atoms with Gasteiger partial charge in [0.05, 0.1) is 17.8 Å². The number of rotatable bonds is 21. The van der Waals surface area contributed by atoms with Gasteiger partial charge in [0.25, 0.3) is 0 Å². The summed E-state index contributed by atoms with van der Waals surface area (Å²) in [6.45, 7) is 5.41. The number of carboxylic acids is 3. The molecule has 0 aliphatic carbocycles. The monoisotopic (exact) mass is 819 g/mol. The summed E-state index contributed by atoms with van der Waals surface area (Å²) in [4.78, 5) is 36.5. The number of hydrogen-bond donors (Lipinski definition) is 6. The Morgan fingerprint density at radius 1 is 0.467 bits per heavy atom. The Hall–Kier alpha value is -5.43. The van der Waals surface area contributed by atoms with E-state index in [-0.39, 0.29) is 37.6 Å². The third kappa shape index (κ3) is 11.9. The Morgan fingerprint density at radius 2 is 0.767 bits per heavy atom. The summed E-state index contributed by atoms with van der Waals surface area (Å²) in [5.41, 5.74) is 5.43. The van der Waals surface area contributed by atoms with Crippen LogP contribution >= 0.6 is 0 Å². The zero-order valence-electron chi connectivity index (χ0n) is 34.0. The zero-order chi connectivity index (χ0) is 41.8. The molecule has 0 bridgehead atoms. The van der Waals surface area contributed by atoms with E-state index >= 15 is 0 Å². The highest BCUT2D eigenvalue weighted by Gasteiger charge is 2.33. The molecule has 3 aliphatic rings. The van der Waals surface area contributed by atoms with Crippen LogP contribution in [0.1, 0.15) is 52.6 Å². The molecule has 6 N–H and O–H groups in total. The van der Waals surface area contributed by atoms with Gasteiger partial charge >= 0.3 is 17.9 Å². The average molecular weight is 820 g/mol. The van der Waals surface area contributed by atoms with E-state index in [9.17, 15) is 29.7 Å². The van der Waals surface area contributed by atoms with Crippen LogP contribution in [0.25, 0.3) is 0 Å². The van der Waals surface area contributed by atoms with Crippen LogP contribution in [0.4, 0.5) is 0 Å². The molecular formula is C48H57N3O9. The van der Waals surface area contributed by atoms with E-state index in [2.05, 4.69) is 16.0 Å². The first-order chi connectivity index (χ1) is 29.2. The number of aliphatic carboxylic acids is 3. The van der Waals surface area contributed by atoms with Crippen molar-refractivity contribution in [2.45, 2.75) is 58.3 Å². The molecule has 0 unspecified atom stereocenters. The molecule has 3 heterocycles. The highest BCUT2D eigenvalue weighted by Crippen LogP contribution is 2.29. The van der Waals surface area contributed by atoms with Crippen LogP contribution < -0.4 is 30.2 Å². The van der Waals surface area contributed by atoms with Crippen molar-refractivity contribution in [1.82, 2.24) is 16.0 Å². The Kier molecular flexibility index (Phi) is 14.7. The van der Waals surface area contributed by atoms with E-state index in [1.807, 2.05) is 91.0 Å². The van der Waals surface area contributed by atoms with Crippen LogP contribution in [0.15, 0.2) is 91.0 Å². The minimum Gasteiger partial charge on any atom is -0.489 e. The second kappa shape index (κ2) is 20.7. The molecule has 0 aromatic heterocycles. The molecule has 7 rings (SSSR count). The molecule has 0 saturated carbocycles. The lowest BCUT2D eigenvalue weighted by molar-refractivity contribution is -0.144. The first-order valence-electron chi connectivity index (χ1n) is 21.2. The predicted molar refractivity (Wildman–Crippen MR) is 226 cm³/mol. The lowest BCUT2D eigenvalue weighted by atomic mass is 9.86. The average Bonchev–Trinajstić information content (AvgIpc) is 4.08.